The molecule has 0 saturated carbocycles. The van der Waals surface area contributed by atoms with Gasteiger partial charge in [-0.15, -0.1) is 0 Å². The zero-order chi connectivity index (χ0) is 13.1. The number of benzene rings is 1. The van der Waals surface area contributed by atoms with Gasteiger partial charge in [0.05, 0.1) is 6.54 Å². The lowest BCUT2D eigenvalue weighted by atomic mass is 10.1. The fraction of sp³-hybridized carbons (Fsp3) is 0.385. The summed E-state index contributed by atoms with van der Waals surface area (Å²) in [5, 5.41) is 5.69. The molecule has 18 heavy (non-hydrogen) atoms. The maximum absolute atomic E-state index is 11.8. The second-order valence-corrected chi connectivity index (χ2v) is 4.38. The van der Waals surface area contributed by atoms with E-state index in [1.54, 1.807) is 0 Å². The summed E-state index contributed by atoms with van der Waals surface area (Å²) in [5.74, 6) is -0.203. The molecule has 1 fully saturated rings. The molecule has 1 aliphatic heterocycles. The van der Waals surface area contributed by atoms with Gasteiger partial charge in [-0.25, -0.2) is 4.79 Å². The number of aryl methyl sites for hydroxylation is 1. The highest BCUT2D eigenvalue weighted by molar-refractivity contribution is 5.97. The molecule has 0 bridgehead atoms. The van der Waals surface area contributed by atoms with Crippen LogP contribution >= 0.6 is 0 Å². The van der Waals surface area contributed by atoms with Gasteiger partial charge in [0.15, 0.2) is 0 Å². The van der Waals surface area contributed by atoms with E-state index in [0.717, 1.165) is 11.3 Å². The third-order valence-corrected chi connectivity index (χ3v) is 3.19. The van der Waals surface area contributed by atoms with Gasteiger partial charge in [-0.3, -0.25) is 9.69 Å². The Kier molecular flexibility index (Phi) is 3.50. The molecule has 3 amide bonds. The fourth-order valence-electron chi connectivity index (χ4n) is 1.92. The van der Waals surface area contributed by atoms with Crippen molar-refractivity contribution in [3.8, 4) is 0 Å². The van der Waals surface area contributed by atoms with Gasteiger partial charge in [-0.2, -0.15) is 0 Å². The Morgan fingerprint density at radius 3 is 2.89 bits per heavy atom. The van der Waals surface area contributed by atoms with E-state index in [4.69, 9.17) is 0 Å². The van der Waals surface area contributed by atoms with Crippen LogP contribution in [0.2, 0.25) is 0 Å². The van der Waals surface area contributed by atoms with E-state index in [-0.39, 0.29) is 18.5 Å². The number of nitrogens with zero attached hydrogens (tertiary/aromatic N) is 1. The average Bonchev–Trinajstić information content (AvgIpc) is 2.77. The Morgan fingerprint density at radius 1 is 1.44 bits per heavy atom. The van der Waals surface area contributed by atoms with Crippen molar-refractivity contribution in [3.63, 3.8) is 0 Å². The second-order valence-electron chi connectivity index (χ2n) is 4.38. The fourth-order valence-corrected chi connectivity index (χ4v) is 1.92. The van der Waals surface area contributed by atoms with Crippen LogP contribution in [0.4, 0.5) is 10.5 Å². The van der Waals surface area contributed by atoms with Gasteiger partial charge in [0.2, 0.25) is 5.91 Å². The summed E-state index contributed by atoms with van der Waals surface area (Å²) in [4.78, 5) is 24.4. The van der Waals surface area contributed by atoms with Gasteiger partial charge < -0.3 is 10.6 Å². The molecule has 5 nitrogen and oxygen atoms in total. The molecule has 0 radical (unpaired) electrons. The summed E-state index contributed by atoms with van der Waals surface area (Å²) < 4.78 is 0. The first kappa shape index (κ1) is 12.4. The third kappa shape index (κ3) is 2.45. The maximum Gasteiger partial charge on any atom is 0.324 e. The predicted octanol–water partition coefficient (Wildman–Crippen LogP) is 1.27. The topological polar surface area (TPSA) is 61.4 Å². The molecule has 5 heteroatoms. The van der Waals surface area contributed by atoms with Crippen molar-refractivity contribution >= 4 is 17.6 Å². The molecule has 1 aliphatic rings. The lowest BCUT2D eigenvalue weighted by Gasteiger charge is -2.15. The number of nitrogens with one attached hydrogen (secondary N) is 2. The van der Waals surface area contributed by atoms with Crippen molar-refractivity contribution in [1.82, 2.24) is 10.2 Å². The average molecular weight is 247 g/mol. The zero-order valence-corrected chi connectivity index (χ0v) is 10.6. The standard InChI is InChI=1S/C13H17N3O2/c1-9-4-3-5-11(10(9)2)15-8-12(17)16-7-6-14-13(16)18/h3-5,15H,6-8H2,1-2H3,(H,14,18). The molecule has 96 valence electrons. The van der Waals surface area contributed by atoms with Crippen LogP contribution in [0.25, 0.3) is 0 Å². The van der Waals surface area contributed by atoms with Crippen LogP contribution in [0, 0.1) is 13.8 Å². The largest absolute Gasteiger partial charge is 0.376 e. The molecule has 0 unspecified atom stereocenters. The Morgan fingerprint density at radius 2 is 2.22 bits per heavy atom. The van der Waals surface area contributed by atoms with Gasteiger partial charge in [-0.1, -0.05) is 12.1 Å². The van der Waals surface area contributed by atoms with Gasteiger partial charge >= 0.3 is 6.03 Å². The second kappa shape index (κ2) is 5.08. The molecule has 1 heterocycles. The monoisotopic (exact) mass is 247 g/mol. The van der Waals surface area contributed by atoms with Crippen LogP contribution < -0.4 is 10.6 Å². The van der Waals surface area contributed by atoms with Crippen LogP contribution in [-0.2, 0) is 4.79 Å². The maximum atomic E-state index is 11.8. The first-order valence-electron chi connectivity index (χ1n) is 5.98. The number of anilines is 1. The predicted molar refractivity (Wildman–Crippen MR) is 69.5 cm³/mol. The molecule has 0 spiro atoms. The minimum Gasteiger partial charge on any atom is -0.376 e. The first-order chi connectivity index (χ1) is 8.59. The smallest absolute Gasteiger partial charge is 0.324 e. The van der Waals surface area contributed by atoms with Crippen LogP contribution in [0.15, 0.2) is 18.2 Å². The molecule has 0 atom stereocenters. The number of carbonyl (C=O) groups is 2. The molecular weight excluding hydrogens is 230 g/mol. The number of hydrogen-bond acceptors (Lipinski definition) is 3. The van der Waals surface area contributed by atoms with Gasteiger partial charge in [0.25, 0.3) is 0 Å². The Labute approximate surface area is 106 Å². The third-order valence-electron chi connectivity index (χ3n) is 3.19. The van der Waals surface area contributed by atoms with E-state index in [0.29, 0.717) is 13.1 Å². The molecule has 1 saturated heterocycles. The minimum absolute atomic E-state index is 0.137. The van der Waals surface area contributed by atoms with E-state index < -0.39 is 0 Å². The first-order valence-corrected chi connectivity index (χ1v) is 5.98. The summed E-state index contributed by atoms with van der Waals surface area (Å²) in [6.45, 7) is 5.15. The van der Waals surface area contributed by atoms with Gasteiger partial charge in [0, 0.05) is 18.8 Å². The zero-order valence-electron chi connectivity index (χ0n) is 10.6. The van der Waals surface area contributed by atoms with E-state index in [1.807, 2.05) is 32.0 Å². The van der Waals surface area contributed by atoms with Gasteiger partial charge in [0.1, 0.15) is 0 Å². The lowest BCUT2D eigenvalue weighted by Crippen LogP contribution is -2.38. The summed E-state index contributed by atoms with van der Waals surface area (Å²) in [6.07, 6.45) is 0. The van der Waals surface area contributed by atoms with Crippen LogP contribution in [0.5, 0.6) is 0 Å². The highest BCUT2D eigenvalue weighted by atomic mass is 16.2. The minimum atomic E-state index is -0.303. The van der Waals surface area contributed by atoms with E-state index in [1.165, 1.54) is 10.5 Å². The van der Waals surface area contributed by atoms with Crippen molar-refractivity contribution < 1.29 is 9.59 Å². The van der Waals surface area contributed by atoms with Crippen molar-refractivity contribution in [3.05, 3.63) is 29.3 Å². The normalized spacial score (nSPS) is 14.6. The number of rotatable bonds is 3. The summed E-state index contributed by atoms with van der Waals surface area (Å²) >= 11 is 0. The molecule has 2 rings (SSSR count). The number of hydrogen-bond donors (Lipinski definition) is 2. The van der Waals surface area contributed by atoms with Crippen molar-refractivity contribution in [1.29, 1.82) is 0 Å². The number of imide groups is 1. The highest BCUT2D eigenvalue weighted by Gasteiger charge is 2.25. The molecule has 0 aliphatic carbocycles. The summed E-state index contributed by atoms with van der Waals surface area (Å²) in [6, 6.07) is 5.59. The van der Waals surface area contributed by atoms with Crippen molar-refractivity contribution in [2.24, 2.45) is 0 Å². The number of carbonyl (C=O) groups excluding carboxylic acids is 2. The molecule has 1 aromatic carbocycles. The SMILES string of the molecule is Cc1cccc(NCC(=O)N2CCNC2=O)c1C. The number of urea groups is 1. The van der Waals surface area contributed by atoms with Crippen LogP contribution in [-0.4, -0.2) is 36.5 Å². The van der Waals surface area contributed by atoms with E-state index in [2.05, 4.69) is 10.6 Å². The summed E-state index contributed by atoms with van der Waals surface area (Å²) in [7, 11) is 0. The summed E-state index contributed by atoms with van der Waals surface area (Å²) in [5.41, 5.74) is 3.23. The molecule has 0 aromatic heterocycles. The molecule has 1 aromatic rings. The quantitative estimate of drug-likeness (QED) is 0.845. The van der Waals surface area contributed by atoms with E-state index in [9.17, 15) is 9.59 Å². The Bertz CT molecular complexity index is 485. The number of amides is 3. The van der Waals surface area contributed by atoms with Gasteiger partial charge in [-0.05, 0) is 31.0 Å². The van der Waals surface area contributed by atoms with E-state index >= 15 is 0 Å². The van der Waals surface area contributed by atoms with Crippen LogP contribution in [0.3, 0.4) is 0 Å². The van der Waals surface area contributed by atoms with Crippen molar-refractivity contribution in [2.45, 2.75) is 13.8 Å². The highest BCUT2D eigenvalue weighted by Crippen LogP contribution is 2.17. The molecule has 2 N–H and O–H groups in total. The molecular formula is C13H17N3O2. The Hall–Kier alpha value is -2.04. The van der Waals surface area contributed by atoms with Crippen LogP contribution in [0.1, 0.15) is 11.1 Å². The lowest BCUT2D eigenvalue weighted by molar-refractivity contribution is -0.125. The Balaban J connectivity index is 1.97. The van der Waals surface area contributed by atoms with Crippen molar-refractivity contribution in [2.75, 3.05) is 25.0 Å².